The quantitative estimate of drug-likeness (QED) is 0.793. The van der Waals surface area contributed by atoms with Gasteiger partial charge in [0.1, 0.15) is 5.75 Å². The number of benzene rings is 1. The Morgan fingerprint density at radius 1 is 1.54 bits per heavy atom. The first-order valence-electron chi connectivity index (χ1n) is 3.95. The van der Waals surface area contributed by atoms with Crippen molar-refractivity contribution in [2.45, 2.75) is 12.5 Å². The summed E-state index contributed by atoms with van der Waals surface area (Å²) < 4.78 is 12.0. The smallest absolute Gasteiger partial charge is 0.120 e. The maximum atomic E-state index is 12.0. The molecule has 1 aromatic rings. The van der Waals surface area contributed by atoms with Gasteiger partial charge in [-0.3, -0.25) is 4.39 Å². The summed E-state index contributed by atoms with van der Waals surface area (Å²) in [5.41, 5.74) is 6.11. The number of alkyl halides is 1. The first kappa shape index (κ1) is 10.3. The molecule has 0 bridgehead atoms. The molecular weight excluding hydrogens is 193 g/mol. The van der Waals surface area contributed by atoms with Crippen LogP contribution in [0.1, 0.15) is 18.0 Å². The Balaban J connectivity index is 2.91. The van der Waals surface area contributed by atoms with E-state index in [0.717, 1.165) is 0 Å². The monoisotopic (exact) mass is 203 g/mol. The molecule has 3 N–H and O–H groups in total. The normalized spacial score (nSPS) is 12.8. The highest BCUT2D eigenvalue weighted by atomic mass is 35.5. The number of phenolic OH excluding ortho intramolecular Hbond substituents is 1. The summed E-state index contributed by atoms with van der Waals surface area (Å²) in [6, 6.07) is 4.07. The van der Waals surface area contributed by atoms with Gasteiger partial charge in [0, 0.05) is 16.6 Å². The number of halogens is 2. The number of hydrogen-bond acceptors (Lipinski definition) is 2. The van der Waals surface area contributed by atoms with Crippen LogP contribution >= 0.6 is 11.6 Å². The number of phenols is 1. The second-order valence-corrected chi connectivity index (χ2v) is 3.22. The summed E-state index contributed by atoms with van der Waals surface area (Å²) in [5.74, 6) is 0.0605. The van der Waals surface area contributed by atoms with E-state index in [0.29, 0.717) is 10.6 Å². The van der Waals surface area contributed by atoms with Crippen LogP contribution in [0.25, 0.3) is 0 Å². The average Bonchev–Trinajstić information content (AvgIpc) is 2.09. The van der Waals surface area contributed by atoms with Crippen molar-refractivity contribution in [3.05, 3.63) is 28.8 Å². The van der Waals surface area contributed by atoms with Gasteiger partial charge < -0.3 is 10.8 Å². The van der Waals surface area contributed by atoms with Gasteiger partial charge in [-0.05, 0) is 24.6 Å². The van der Waals surface area contributed by atoms with Gasteiger partial charge in [0.25, 0.3) is 0 Å². The number of aromatic hydroxyl groups is 1. The minimum absolute atomic E-state index is 0.0605. The summed E-state index contributed by atoms with van der Waals surface area (Å²) in [6.07, 6.45) is 0.188. The predicted octanol–water partition coefficient (Wildman–Crippen LogP) is 2.41. The Kier molecular flexibility index (Phi) is 3.51. The topological polar surface area (TPSA) is 46.2 Å². The van der Waals surface area contributed by atoms with Crippen LogP contribution in [0, 0.1) is 0 Å². The zero-order chi connectivity index (χ0) is 9.84. The Morgan fingerprint density at radius 2 is 2.23 bits per heavy atom. The van der Waals surface area contributed by atoms with E-state index in [1.54, 1.807) is 12.1 Å². The lowest BCUT2D eigenvalue weighted by atomic mass is 10.0. The minimum atomic E-state index is -0.507. The van der Waals surface area contributed by atoms with Crippen LogP contribution in [0.4, 0.5) is 4.39 Å². The number of hydrogen-bond donors (Lipinski definition) is 2. The van der Waals surface area contributed by atoms with Crippen LogP contribution in [0.15, 0.2) is 18.2 Å². The third-order valence-electron chi connectivity index (χ3n) is 1.81. The molecule has 0 amide bonds. The fourth-order valence-electron chi connectivity index (χ4n) is 1.10. The van der Waals surface area contributed by atoms with Crippen LogP contribution in [-0.4, -0.2) is 11.8 Å². The molecule has 0 aliphatic carbocycles. The van der Waals surface area contributed by atoms with Gasteiger partial charge in [-0.2, -0.15) is 0 Å². The maximum absolute atomic E-state index is 12.0. The standard InChI is InChI=1S/C9H11ClFNO/c10-6-1-2-9(13)7(5-6)8(12)3-4-11/h1-2,5,8,13H,3-4,12H2/t8-/m1/s1. The van der Waals surface area contributed by atoms with Crippen molar-refractivity contribution in [3.8, 4) is 5.75 Å². The van der Waals surface area contributed by atoms with Gasteiger partial charge in [0.15, 0.2) is 0 Å². The molecule has 0 fully saturated rings. The van der Waals surface area contributed by atoms with Crippen LogP contribution in [0.2, 0.25) is 5.02 Å². The summed E-state index contributed by atoms with van der Waals surface area (Å²) in [4.78, 5) is 0. The van der Waals surface area contributed by atoms with Gasteiger partial charge >= 0.3 is 0 Å². The predicted molar refractivity (Wildman–Crippen MR) is 50.6 cm³/mol. The van der Waals surface area contributed by atoms with Gasteiger partial charge in [-0.25, -0.2) is 0 Å². The lowest BCUT2D eigenvalue weighted by molar-refractivity contribution is 0.424. The Morgan fingerprint density at radius 3 is 2.85 bits per heavy atom. The molecule has 0 unspecified atom stereocenters. The molecule has 72 valence electrons. The van der Waals surface area contributed by atoms with E-state index in [1.807, 2.05) is 0 Å². The highest BCUT2D eigenvalue weighted by Gasteiger charge is 2.10. The zero-order valence-corrected chi connectivity index (χ0v) is 7.76. The summed E-state index contributed by atoms with van der Waals surface area (Å²) >= 11 is 5.70. The van der Waals surface area contributed by atoms with Crippen molar-refractivity contribution >= 4 is 11.6 Å². The molecule has 0 heterocycles. The third-order valence-corrected chi connectivity index (χ3v) is 2.04. The summed E-state index contributed by atoms with van der Waals surface area (Å²) in [6.45, 7) is -0.507. The van der Waals surface area contributed by atoms with Crippen molar-refractivity contribution in [2.75, 3.05) is 6.67 Å². The molecule has 0 saturated heterocycles. The van der Waals surface area contributed by atoms with Crippen molar-refractivity contribution in [2.24, 2.45) is 5.73 Å². The lowest BCUT2D eigenvalue weighted by Gasteiger charge is -2.11. The molecule has 0 aliphatic rings. The molecule has 2 nitrogen and oxygen atoms in total. The van der Waals surface area contributed by atoms with Crippen molar-refractivity contribution in [1.82, 2.24) is 0 Å². The SMILES string of the molecule is N[C@H](CCF)c1cc(Cl)ccc1O. The Bertz CT molecular complexity index is 293. The van der Waals surface area contributed by atoms with E-state index in [-0.39, 0.29) is 12.2 Å². The molecule has 0 spiro atoms. The second-order valence-electron chi connectivity index (χ2n) is 2.79. The van der Waals surface area contributed by atoms with Gasteiger partial charge in [-0.15, -0.1) is 0 Å². The molecular formula is C9H11ClFNO. The molecule has 0 saturated carbocycles. The highest BCUT2D eigenvalue weighted by molar-refractivity contribution is 6.30. The molecule has 0 aliphatic heterocycles. The van der Waals surface area contributed by atoms with Gasteiger partial charge in [-0.1, -0.05) is 11.6 Å². The third kappa shape index (κ3) is 2.57. The molecule has 4 heteroatoms. The maximum Gasteiger partial charge on any atom is 0.120 e. The average molecular weight is 204 g/mol. The first-order chi connectivity index (χ1) is 6.15. The van der Waals surface area contributed by atoms with E-state index in [2.05, 4.69) is 0 Å². The Hall–Kier alpha value is -0.800. The first-order valence-corrected chi connectivity index (χ1v) is 4.33. The van der Waals surface area contributed by atoms with Crippen molar-refractivity contribution in [1.29, 1.82) is 0 Å². The fraction of sp³-hybridized carbons (Fsp3) is 0.333. The van der Waals surface area contributed by atoms with Crippen molar-refractivity contribution < 1.29 is 9.50 Å². The van der Waals surface area contributed by atoms with Crippen LogP contribution in [0.3, 0.4) is 0 Å². The zero-order valence-electron chi connectivity index (χ0n) is 7.00. The lowest BCUT2D eigenvalue weighted by Crippen LogP contribution is -2.11. The molecule has 0 radical (unpaired) electrons. The summed E-state index contributed by atoms with van der Waals surface area (Å²) in [5, 5.41) is 9.86. The molecule has 1 rings (SSSR count). The molecule has 1 atom stereocenters. The van der Waals surface area contributed by atoms with E-state index < -0.39 is 12.7 Å². The fourth-order valence-corrected chi connectivity index (χ4v) is 1.28. The van der Waals surface area contributed by atoms with E-state index in [1.165, 1.54) is 6.07 Å². The van der Waals surface area contributed by atoms with Gasteiger partial charge in [0.2, 0.25) is 0 Å². The van der Waals surface area contributed by atoms with Gasteiger partial charge in [0.05, 0.1) is 6.67 Å². The summed E-state index contributed by atoms with van der Waals surface area (Å²) in [7, 11) is 0. The molecule has 0 aromatic heterocycles. The van der Waals surface area contributed by atoms with E-state index in [9.17, 15) is 9.50 Å². The molecule has 1 aromatic carbocycles. The number of nitrogens with two attached hydrogens (primary N) is 1. The van der Waals surface area contributed by atoms with Crippen LogP contribution < -0.4 is 5.73 Å². The highest BCUT2D eigenvalue weighted by Crippen LogP contribution is 2.27. The van der Waals surface area contributed by atoms with E-state index in [4.69, 9.17) is 17.3 Å². The Labute approximate surface area is 81.1 Å². The number of rotatable bonds is 3. The largest absolute Gasteiger partial charge is 0.508 e. The molecule has 13 heavy (non-hydrogen) atoms. The van der Waals surface area contributed by atoms with Crippen LogP contribution in [-0.2, 0) is 0 Å². The van der Waals surface area contributed by atoms with E-state index >= 15 is 0 Å². The second kappa shape index (κ2) is 4.44. The van der Waals surface area contributed by atoms with Crippen LogP contribution in [0.5, 0.6) is 5.75 Å². The minimum Gasteiger partial charge on any atom is -0.508 e. The van der Waals surface area contributed by atoms with Crippen molar-refractivity contribution in [3.63, 3.8) is 0 Å².